The molecule has 0 aliphatic carbocycles. The highest BCUT2D eigenvalue weighted by Gasteiger charge is 2.18. The minimum atomic E-state index is -0.142. The van der Waals surface area contributed by atoms with E-state index in [9.17, 15) is 5.11 Å². The summed E-state index contributed by atoms with van der Waals surface area (Å²) in [6, 6.07) is 3.27. The smallest absolute Gasteiger partial charge is 0.143 e. The Hall–Kier alpha value is -0.480. The molecule has 1 unspecified atom stereocenters. The highest BCUT2D eigenvalue weighted by molar-refractivity contribution is 6.35. The van der Waals surface area contributed by atoms with E-state index in [1.807, 2.05) is 0 Å². The Morgan fingerprint density at radius 3 is 2.88 bits per heavy atom. The lowest BCUT2D eigenvalue weighted by Gasteiger charge is -2.14. The predicted octanol–water partition coefficient (Wildman–Crippen LogP) is 2.90. The van der Waals surface area contributed by atoms with E-state index in [1.165, 1.54) is 0 Å². The fourth-order valence-corrected chi connectivity index (χ4v) is 2.40. The van der Waals surface area contributed by atoms with Crippen LogP contribution in [0.5, 0.6) is 5.75 Å². The molecule has 5 heteroatoms. The Morgan fingerprint density at radius 2 is 2.24 bits per heavy atom. The van der Waals surface area contributed by atoms with E-state index in [-0.39, 0.29) is 6.61 Å². The van der Waals surface area contributed by atoms with Gasteiger partial charge in [0, 0.05) is 23.1 Å². The summed E-state index contributed by atoms with van der Waals surface area (Å²) >= 11 is 11.9. The molecule has 17 heavy (non-hydrogen) atoms. The van der Waals surface area contributed by atoms with Crippen molar-refractivity contribution in [3.05, 3.63) is 27.7 Å². The van der Waals surface area contributed by atoms with E-state index in [0.717, 1.165) is 19.6 Å². The lowest BCUT2D eigenvalue weighted by atomic mass is 10.1. The van der Waals surface area contributed by atoms with Crippen LogP contribution in [0, 0.1) is 5.92 Å². The summed E-state index contributed by atoms with van der Waals surface area (Å²) in [6.07, 6.45) is 1.000. The molecule has 2 rings (SSSR count). The number of rotatable bonds is 4. The summed E-state index contributed by atoms with van der Waals surface area (Å²) < 4.78 is 10.9. The molecular weight excluding hydrogens is 263 g/mol. The van der Waals surface area contributed by atoms with Crippen LogP contribution in [0.4, 0.5) is 0 Å². The van der Waals surface area contributed by atoms with E-state index >= 15 is 0 Å². The van der Waals surface area contributed by atoms with Crippen molar-refractivity contribution in [2.45, 2.75) is 13.0 Å². The van der Waals surface area contributed by atoms with Gasteiger partial charge in [-0.2, -0.15) is 0 Å². The third kappa shape index (κ3) is 3.26. The van der Waals surface area contributed by atoms with Crippen molar-refractivity contribution in [3.63, 3.8) is 0 Å². The zero-order chi connectivity index (χ0) is 12.3. The maximum atomic E-state index is 9.24. The van der Waals surface area contributed by atoms with Gasteiger partial charge in [-0.25, -0.2) is 0 Å². The molecule has 0 bridgehead atoms. The second-order valence-electron chi connectivity index (χ2n) is 4.07. The molecule has 1 heterocycles. The number of halogens is 2. The van der Waals surface area contributed by atoms with Gasteiger partial charge in [0.2, 0.25) is 0 Å². The van der Waals surface area contributed by atoms with Crippen LogP contribution < -0.4 is 4.74 Å². The van der Waals surface area contributed by atoms with E-state index in [1.54, 1.807) is 12.1 Å². The second-order valence-corrected chi connectivity index (χ2v) is 4.92. The first-order valence-corrected chi connectivity index (χ1v) is 6.25. The van der Waals surface area contributed by atoms with Crippen LogP contribution in [-0.2, 0) is 11.3 Å². The van der Waals surface area contributed by atoms with Crippen molar-refractivity contribution in [1.29, 1.82) is 0 Å². The molecule has 1 fully saturated rings. The topological polar surface area (TPSA) is 38.7 Å². The van der Waals surface area contributed by atoms with Gasteiger partial charge in [0.1, 0.15) is 5.75 Å². The number of hydrogen-bond donors (Lipinski definition) is 1. The predicted molar refractivity (Wildman–Crippen MR) is 66.8 cm³/mol. The number of aliphatic hydroxyl groups excluding tert-OH is 1. The first kappa shape index (κ1) is 13.0. The Kier molecular flexibility index (Phi) is 4.51. The third-order valence-corrected chi connectivity index (χ3v) is 3.24. The Labute approximate surface area is 110 Å². The minimum absolute atomic E-state index is 0.142. The number of aliphatic hydroxyl groups is 1. The molecule has 1 aromatic carbocycles. The molecule has 0 aromatic heterocycles. The number of ether oxygens (including phenoxy) is 2. The molecule has 0 spiro atoms. The maximum absolute atomic E-state index is 9.24. The van der Waals surface area contributed by atoms with E-state index < -0.39 is 0 Å². The molecule has 1 N–H and O–H groups in total. The first-order chi connectivity index (χ1) is 8.20. The summed E-state index contributed by atoms with van der Waals surface area (Å²) in [6.45, 7) is 1.92. The molecule has 1 aromatic rings. The number of benzene rings is 1. The summed E-state index contributed by atoms with van der Waals surface area (Å²) in [5, 5.41) is 10.2. The standard InChI is InChI=1S/C12H14Cl2O3/c13-10-3-9(5-15)12(11(14)4-10)17-7-8-1-2-16-6-8/h3-4,8,15H,1-2,5-7H2. The van der Waals surface area contributed by atoms with Gasteiger partial charge in [-0.3, -0.25) is 0 Å². The average Bonchev–Trinajstić information content (AvgIpc) is 2.79. The molecule has 1 saturated heterocycles. The SMILES string of the molecule is OCc1cc(Cl)cc(Cl)c1OCC1CCOC1. The highest BCUT2D eigenvalue weighted by Crippen LogP contribution is 2.33. The molecule has 0 amide bonds. The summed E-state index contributed by atoms with van der Waals surface area (Å²) in [5.41, 5.74) is 0.612. The summed E-state index contributed by atoms with van der Waals surface area (Å²) in [7, 11) is 0. The Bertz CT molecular complexity index is 390. The highest BCUT2D eigenvalue weighted by atomic mass is 35.5. The van der Waals surface area contributed by atoms with Gasteiger partial charge in [0.05, 0.1) is 24.8 Å². The summed E-state index contributed by atoms with van der Waals surface area (Å²) in [4.78, 5) is 0. The van der Waals surface area contributed by atoms with Gasteiger partial charge in [0.25, 0.3) is 0 Å². The molecule has 94 valence electrons. The average molecular weight is 277 g/mol. The Balaban J connectivity index is 2.08. The van der Waals surface area contributed by atoms with Crippen LogP contribution in [0.2, 0.25) is 10.0 Å². The van der Waals surface area contributed by atoms with E-state index in [4.69, 9.17) is 32.7 Å². The van der Waals surface area contributed by atoms with Crippen LogP contribution in [-0.4, -0.2) is 24.9 Å². The normalized spacial score (nSPS) is 19.6. The van der Waals surface area contributed by atoms with Gasteiger partial charge in [-0.05, 0) is 18.6 Å². The lowest BCUT2D eigenvalue weighted by Crippen LogP contribution is -2.12. The first-order valence-electron chi connectivity index (χ1n) is 5.50. The fraction of sp³-hybridized carbons (Fsp3) is 0.500. The maximum Gasteiger partial charge on any atom is 0.143 e. The molecule has 1 aliphatic rings. The molecular formula is C12H14Cl2O3. The zero-order valence-electron chi connectivity index (χ0n) is 9.29. The number of hydrogen-bond acceptors (Lipinski definition) is 3. The van der Waals surface area contributed by atoms with Crippen molar-refractivity contribution < 1.29 is 14.6 Å². The zero-order valence-corrected chi connectivity index (χ0v) is 10.8. The van der Waals surface area contributed by atoms with Crippen LogP contribution >= 0.6 is 23.2 Å². The summed E-state index contributed by atoms with van der Waals surface area (Å²) in [5.74, 6) is 0.916. The fourth-order valence-electron chi connectivity index (χ4n) is 1.81. The Morgan fingerprint density at radius 1 is 1.41 bits per heavy atom. The van der Waals surface area contributed by atoms with Gasteiger partial charge < -0.3 is 14.6 Å². The molecule has 0 saturated carbocycles. The monoisotopic (exact) mass is 276 g/mol. The molecule has 0 radical (unpaired) electrons. The third-order valence-electron chi connectivity index (χ3n) is 2.74. The van der Waals surface area contributed by atoms with Crippen molar-refractivity contribution in [3.8, 4) is 5.75 Å². The van der Waals surface area contributed by atoms with Crippen LogP contribution in [0.15, 0.2) is 12.1 Å². The minimum Gasteiger partial charge on any atom is -0.491 e. The van der Waals surface area contributed by atoms with Gasteiger partial charge >= 0.3 is 0 Å². The van der Waals surface area contributed by atoms with Crippen molar-refractivity contribution in [2.75, 3.05) is 19.8 Å². The van der Waals surface area contributed by atoms with Gasteiger partial charge in [-0.15, -0.1) is 0 Å². The second kappa shape index (κ2) is 5.91. The van der Waals surface area contributed by atoms with Crippen molar-refractivity contribution in [1.82, 2.24) is 0 Å². The molecule has 3 nitrogen and oxygen atoms in total. The van der Waals surface area contributed by atoms with Crippen LogP contribution in [0.3, 0.4) is 0 Å². The van der Waals surface area contributed by atoms with Gasteiger partial charge in [0.15, 0.2) is 0 Å². The molecule has 1 atom stereocenters. The van der Waals surface area contributed by atoms with Crippen molar-refractivity contribution >= 4 is 23.2 Å². The van der Waals surface area contributed by atoms with E-state index in [2.05, 4.69) is 0 Å². The van der Waals surface area contributed by atoms with E-state index in [0.29, 0.717) is 33.9 Å². The van der Waals surface area contributed by atoms with Crippen molar-refractivity contribution in [2.24, 2.45) is 5.92 Å². The van der Waals surface area contributed by atoms with Gasteiger partial charge in [-0.1, -0.05) is 23.2 Å². The molecule has 1 aliphatic heterocycles. The quantitative estimate of drug-likeness (QED) is 0.919. The van der Waals surface area contributed by atoms with Crippen LogP contribution in [0.1, 0.15) is 12.0 Å². The lowest BCUT2D eigenvalue weighted by molar-refractivity contribution is 0.165. The van der Waals surface area contributed by atoms with Crippen LogP contribution in [0.25, 0.3) is 0 Å². The largest absolute Gasteiger partial charge is 0.491 e.